The summed E-state index contributed by atoms with van der Waals surface area (Å²) in [6.45, 7) is 0.854. The Morgan fingerprint density at radius 1 is 1.17 bits per heavy atom. The van der Waals surface area contributed by atoms with Crippen molar-refractivity contribution in [2.75, 3.05) is 13.2 Å². The van der Waals surface area contributed by atoms with Crippen LogP contribution in [0.5, 0.6) is 0 Å². The molecule has 0 radical (unpaired) electrons. The SMILES string of the molecule is OCCCOC1CCC(O)CC1. The first-order valence-corrected chi connectivity index (χ1v) is 4.73. The second-order valence-corrected chi connectivity index (χ2v) is 3.38. The molecule has 1 aliphatic carbocycles. The Labute approximate surface area is 73.4 Å². The predicted octanol–water partition coefficient (Wildman–Crippen LogP) is 0.689. The van der Waals surface area contributed by atoms with Crippen molar-refractivity contribution in [3.63, 3.8) is 0 Å². The van der Waals surface area contributed by atoms with Crippen LogP contribution < -0.4 is 0 Å². The third-order valence-electron chi connectivity index (χ3n) is 2.30. The van der Waals surface area contributed by atoms with E-state index in [1.54, 1.807) is 0 Å². The summed E-state index contributed by atoms with van der Waals surface area (Å²) in [7, 11) is 0. The molecule has 3 nitrogen and oxygen atoms in total. The summed E-state index contributed by atoms with van der Waals surface area (Å²) in [6, 6.07) is 0. The average molecular weight is 174 g/mol. The fourth-order valence-corrected chi connectivity index (χ4v) is 1.53. The van der Waals surface area contributed by atoms with E-state index in [2.05, 4.69) is 0 Å². The third kappa shape index (κ3) is 3.52. The predicted molar refractivity (Wildman–Crippen MR) is 45.9 cm³/mol. The summed E-state index contributed by atoms with van der Waals surface area (Å²) in [5.74, 6) is 0. The van der Waals surface area contributed by atoms with Crippen LogP contribution in [0.4, 0.5) is 0 Å². The van der Waals surface area contributed by atoms with Gasteiger partial charge >= 0.3 is 0 Å². The number of aliphatic hydroxyl groups is 2. The van der Waals surface area contributed by atoms with Crippen LogP contribution in [0.2, 0.25) is 0 Å². The molecule has 1 aliphatic rings. The number of hydrogen-bond donors (Lipinski definition) is 2. The Hall–Kier alpha value is -0.120. The lowest BCUT2D eigenvalue weighted by Gasteiger charge is -2.25. The Morgan fingerprint density at radius 2 is 1.83 bits per heavy atom. The van der Waals surface area contributed by atoms with E-state index in [1.165, 1.54) is 0 Å². The van der Waals surface area contributed by atoms with Crippen LogP contribution in [0.15, 0.2) is 0 Å². The van der Waals surface area contributed by atoms with Gasteiger partial charge in [-0.1, -0.05) is 0 Å². The maximum Gasteiger partial charge on any atom is 0.0577 e. The van der Waals surface area contributed by atoms with Crippen LogP contribution in [0, 0.1) is 0 Å². The normalized spacial score (nSPS) is 30.5. The molecule has 0 amide bonds. The number of ether oxygens (including phenoxy) is 1. The summed E-state index contributed by atoms with van der Waals surface area (Å²) < 4.78 is 5.50. The largest absolute Gasteiger partial charge is 0.396 e. The standard InChI is InChI=1S/C9H18O3/c10-6-1-7-12-9-4-2-8(11)3-5-9/h8-11H,1-7H2. The fraction of sp³-hybridized carbons (Fsp3) is 1.00. The molecule has 0 aromatic carbocycles. The minimum absolute atomic E-state index is 0.109. The van der Waals surface area contributed by atoms with Gasteiger partial charge in [0, 0.05) is 13.2 Å². The van der Waals surface area contributed by atoms with E-state index in [0.717, 1.165) is 32.1 Å². The highest BCUT2D eigenvalue weighted by molar-refractivity contribution is 4.71. The first kappa shape index (κ1) is 9.96. The summed E-state index contributed by atoms with van der Waals surface area (Å²) in [5, 5.41) is 17.7. The van der Waals surface area contributed by atoms with Gasteiger partial charge in [0.2, 0.25) is 0 Å². The molecule has 0 aromatic heterocycles. The zero-order chi connectivity index (χ0) is 8.81. The van der Waals surface area contributed by atoms with Crippen LogP contribution in [0.1, 0.15) is 32.1 Å². The lowest BCUT2D eigenvalue weighted by molar-refractivity contribution is -0.00739. The molecule has 0 atom stereocenters. The first-order valence-electron chi connectivity index (χ1n) is 4.73. The Balaban J connectivity index is 2.01. The quantitative estimate of drug-likeness (QED) is 0.616. The molecule has 1 fully saturated rings. The molecule has 1 saturated carbocycles. The molecule has 12 heavy (non-hydrogen) atoms. The molecular formula is C9H18O3. The molecule has 0 bridgehead atoms. The van der Waals surface area contributed by atoms with Gasteiger partial charge < -0.3 is 14.9 Å². The van der Waals surface area contributed by atoms with Crippen LogP contribution in [0.3, 0.4) is 0 Å². The van der Waals surface area contributed by atoms with Crippen LogP contribution >= 0.6 is 0 Å². The zero-order valence-corrected chi connectivity index (χ0v) is 7.41. The maximum atomic E-state index is 9.20. The van der Waals surface area contributed by atoms with E-state index in [1.807, 2.05) is 0 Å². The van der Waals surface area contributed by atoms with Crippen molar-refractivity contribution in [2.24, 2.45) is 0 Å². The summed E-state index contributed by atoms with van der Waals surface area (Å²) in [4.78, 5) is 0. The fourth-order valence-electron chi connectivity index (χ4n) is 1.53. The number of rotatable bonds is 4. The van der Waals surface area contributed by atoms with Crippen LogP contribution in [-0.2, 0) is 4.74 Å². The minimum atomic E-state index is -0.109. The molecular weight excluding hydrogens is 156 g/mol. The van der Waals surface area contributed by atoms with Crippen LogP contribution in [-0.4, -0.2) is 35.6 Å². The van der Waals surface area contributed by atoms with E-state index < -0.39 is 0 Å². The van der Waals surface area contributed by atoms with E-state index in [0.29, 0.717) is 12.7 Å². The highest BCUT2D eigenvalue weighted by atomic mass is 16.5. The van der Waals surface area contributed by atoms with Crippen molar-refractivity contribution in [2.45, 2.75) is 44.3 Å². The van der Waals surface area contributed by atoms with Crippen molar-refractivity contribution in [1.29, 1.82) is 0 Å². The molecule has 2 N–H and O–H groups in total. The van der Waals surface area contributed by atoms with E-state index in [9.17, 15) is 5.11 Å². The lowest BCUT2D eigenvalue weighted by atomic mass is 9.95. The van der Waals surface area contributed by atoms with E-state index in [-0.39, 0.29) is 12.7 Å². The molecule has 0 aromatic rings. The van der Waals surface area contributed by atoms with Crippen molar-refractivity contribution in [3.05, 3.63) is 0 Å². The van der Waals surface area contributed by atoms with Crippen molar-refractivity contribution in [1.82, 2.24) is 0 Å². The van der Waals surface area contributed by atoms with Gasteiger partial charge in [-0.15, -0.1) is 0 Å². The second kappa shape index (κ2) is 5.51. The van der Waals surface area contributed by atoms with Crippen molar-refractivity contribution < 1.29 is 14.9 Å². The van der Waals surface area contributed by atoms with Crippen LogP contribution in [0.25, 0.3) is 0 Å². The summed E-state index contributed by atoms with van der Waals surface area (Å²) >= 11 is 0. The smallest absolute Gasteiger partial charge is 0.0577 e. The van der Waals surface area contributed by atoms with Gasteiger partial charge in [-0.3, -0.25) is 0 Å². The summed E-state index contributed by atoms with van der Waals surface area (Å²) in [6.07, 6.45) is 4.59. The van der Waals surface area contributed by atoms with E-state index in [4.69, 9.17) is 9.84 Å². The van der Waals surface area contributed by atoms with Gasteiger partial charge in [0.1, 0.15) is 0 Å². The molecule has 72 valence electrons. The third-order valence-corrected chi connectivity index (χ3v) is 2.30. The van der Waals surface area contributed by atoms with Crippen molar-refractivity contribution in [3.8, 4) is 0 Å². The van der Waals surface area contributed by atoms with Crippen molar-refractivity contribution >= 4 is 0 Å². The minimum Gasteiger partial charge on any atom is -0.396 e. The van der Waals surface area contributed by atoms with Gasteiger partial charge in [0.05, 0.1) is 12.2 Å². The maximum absolute atomic E-state index is 9.20. The van der Waals surface area contributed by atoms with Gasteiger partial charge in [-0.2, -0.15) is 0 Å². The van der Waals surface area contributed by atoms with Gasteiger partial charge in [0.15, 0.2) is 0 Å². The lowest BCUT2D eigenvalue weighted by Crippen LogP contribution is -2.24. The Bertz CT molecular complexity index is 108. The average Bonchev–Trinajstić information content (AvgIpc) is 2.09. The Kier molecular flexibility index (Phi) is 4.58. The van der Waals surface area contributed by atoms with E-state index >= 15 is 0 Å². The molecule has 0 heterocycles. The molecule has 0 saturated heterocycles. The van der Waals surface area contributed by atoms with Gasteiger partial charge in [-0.05, 0) is 32.1 Å². The van der Waals surface area contributed by atoms with Gasteiger partial charge in [0.25, 0.3) is 0 Å². The molecule has 0 unspecified atom stereocenters. The highest BCUT2D eigenvalue weighted by Gasteiger charge is 2.19. The Morgan fingerprint density at radius 3 is 2.42 bits per heavy atom. The zero-order valence-electron chi connectivity index (χ0n) is 7.41. The first-order chi connectivity index (χ1) is 5.83. The number of aliphatic hydroxyl groups excluding tert-OH is 2. The molecule has 0 aliphatic heterocycles. The van der Waals surface area contributed by atoms with Gasteiger partial charge in [-0.25, -0.2) is 0 Å². The highest BCUT2D eigenvalue weighted by Crippen LogP contribution is 2.20. The molecule has 3 heteroatoms. The topological polar surface area (TPSA) is 49.7 Å². The monoisotopic (exact) mass is 174 g/mol. The number of hydrogen-bond acceptors (Lipinski definition) is 3. The molecule has 0 spiro atoms. The summed E-state index contributed by atoms with van der Waals surface area (Å²) in [5.41, 5.74) is 0. The second-order valence-electron chi connectivity index (χ2n) is 3.38. The molecule has 1 rings (SSSR count).